The van der Waals surface area contributed by atoms with Crippen molar-refractivity contribution in [2.45, 2.75) is 5.92 Å². The number of hydrogen-bond donors (Lipinski definition) is 2. The summed E-state index contributed by atoms with van der Waals surface area (Å²) < 4.78 is 5.92. The monoisotopic (exact) mass is 371 g/mol. The maximum atomic E-state index is 12.0. The Morgan fingerprint density at radius 3 is 2.50 bits per heavy atom. The molecule has 0 saturated carbocycles. The smallest absolute Gasteiger partial charge is 0.317 e. The summed E-state index contributed by atoms with van der Waals surface area (Å²) in [6, 6.07) is 21.4. The van der Waals surface area contributed by atoms with E-state index >= 15 is 0 Å². The Hall–Kier alpha value is -3.80. The molecule has 3 aromatic carbocycles. The van der Waals surface area contributed by atoms with Gasteiger partial charge in [-0.15, -0.1) is 0 Å². The van der Waals surface area contributed by atoms with Gasteiger partial charge in [0.05, 0.1) is 10.4 Å². The fourth-order valence-corrected chi connectivity index (χ4v) is 4.06. The number of rotatable bonds is 3. The minimum Gasteiger partial charge on any atom is -0.435 e. The lowest BCUT2D eigenvalue weighted by molar-refractivity contribution is -0.432. The van der Waals surface area contributed by atoms with Gasteiger partial charge in [0.25, 0.3) is 5.88 Å². The summed E-state index contributed by atoms with van der Waals surface area (Å²) in [4.78, 5) is 15.1. The number of H-pyrrole nitrogens is 1. The van der Waals surface area contributed by atoms with Crippen LogP contribution in [0, 0.1) is 10.1 Å². The average molecular weight is 371 g/mol. The molecule has 2 heterocycles. The number of aromatic nitrogens is 1. The van der Waals surface area contributed by atoms with Crippen LogP contribution >= 0.6 is 0 Å². The molecule has 6 heteroatoms. The van der Waals surface area contributed by atoms with Crippen LogP contribution in [0.3, 0.4) is 0 Å². The quantitative estimate of drug-likeness (QED) is 0.410. The maximum Gasteiger partial charge on any atom is 0.317 e. The van der Waals surface area contributed by atoms with Crippen molar-refractivity contribution >= 4 is 21.8 Å². The van der Waals surface area contributed by atoms with Crippen molar-refractivity contribution in [3.8, 4) is 5.75 Å². The zero-order chi connectivity index (χ0) is 19.3. The zero-order valence-electron chi connectivity index (χ0n) is 15.1. The van der Waals surface area contributed by atoms with E-state index in [0.29, 0.717) is 5.75 Å². The third-order valence-electron chi connectivity index (χ3n) is 5.25. The summed E-state index contributed by atoms with van der Waals surface area (Å²) >= 11 is 0. The Morgan fingerprint density at radius 1 is 1.00 bits per heavy atom. The van der Waals surface area contributed by atoms with Crippen LogP contribution in [-0.2, 0) is 0 Å². The van der Waals surface area contributed by atoms with E-state index in [1.54, 1.807) is 7.05 Å². The Morgan fingerprint density at radius 2 is 1.75 bits per heavy atom. The summed E-state index contributed by atoms with van der Waals surface area (Å²) in [5, 5.41) is 17.0. The van der Waals surface area contributed by atoms with E-state index in [1.165, 1.54) is 0 Å². The first-order valence-electron chi connectivity index (χ1n) is 9.01. The standard InChI is InChI=1S/C22H17N3O3/c1-23-22-21(25(26)27)18(13-7-3-2-4-8-13)19-17(28-22)12-11-15-14-9-5-6-10-16(14)24-20(15)19/h2-12,18,23-24H,1H3. The Balaban J connectivity index is 1.89. The van der Waals surface area contributed by atoms with Gasteiger partial charge in [-0.25, -0.2) is 0 Å². The van der Waals surface area contributed by atoms with Crippen LogP contribution in [0.1, 0.15) is 17.0 Å². The van der Waals surface area contributed by atoms with Crippen molar-refractivity contribution in [3.05, 3.63) is 99.6 Å². The van der Waals surface area contributed by atoms with Crippen molar-refractivity contribution in [2.75, 3.05) is 7.05 Å². The number of ether oxygens (including phenoxy) is 1. The highest BCUT2D eigenvalue weighted by Crippen LogP contribution is 2.47. The van der Waals surface area contributed by atoms with Gasteiger partial charge in [0.1, 0.15) is 11.7 Å². The van der Waals surface area contributed by atoms with Crippen LogP contribution in [0.25, 0.3) is 21.8 Å². The molecule has 4 aromatic rings. The second kappa shape index (κ2) is 6.13. The molecule has 6 nitrogen and oxygen atoms in total. The van der Waals surface area contributed by atoms with Crippen molar-refractivity contribution < 1.29 is 9.66 Å². The number of para-hydroxylation sites is 1. The Labute approximate surface area is 160 Å². The molecule has 0 radical (unpaired) electrons. The average Bonchev–Trinajstić information content (AvgIpc) is 3.11. The van der Waals surface area contributed by atoms with Gasteiger partial charge >= 0.3 is 5.70 Å². The maximum absolute atomic E-state index is 12.0. The van der Waals surface area contributed by atoms with Gasteiger partial charge in [-0.05, 0) is 23.8 Å². The summed E-state index contributed by atoms with van der Waals surface area (Å²) in [6.45, 7) is 0. The molecule has 1 aromatic heterocycles. The molecule has 2 N–H and O–H groups in total. The zero-order valence-corrected chi connectivity index (χ0v) is 15.1. The topological polar surface area (TPSA) is 80.2 Å². The molecule has 5 rings (SSSR count). The van der Waals surface area contributed by atoms with E-state index in [2.05, 4.69) is 10.3 Å². The van der Waals surface area contributed by atoms with E-state index in [4.69, 9.17) is 4.74 Å². The fourth-order valence-electron chi connectivity index (χ4n) is 4.06. The van der Waals surface area contributed by atoms with Crippen molar-refractivity contribution in [1.82, 2.24) is 10.3 Å². The second-order valence-electron chi connectivity index (χ2n) is 6.74. The molecule has 0 saturated heterocycles. The number of nitro groups is 1. The van der Waals surface area contributed by atoms with E-state index in [0.717, 1.165) is 32.9 Å². The van der Waals surface area contributed by atoms with Gasteiger partial charge in [0.15, 0.2) is 0 Å². The predicted molar refractivity (Wildman–Crippen MR) is 108 cm³/mol. The largest absolute Gasteiger partial charge is 0.435 e. The minimum absolute atomic E-state index is 0.00681. The van der Waals surface area contributed by atoms with E-state index in [9.17, 15) is 10.1 Å². The van der Waals surface area contributed by atoms with Crippen LogP contribution in [0.15, 0.2) is 78.3 Å². The molecule has 1 aliphatic heterocycles. The summed E-state index contributed by atoms with van der Waals surface area (Å²) in [5.74, 6) is 0.226. The van der Waals surface area contributed by atoms with Crippen LogP contribution < -0.4 is 10.1 Å². The molecule has 1 aliphatic rings. The van der Waals surface area contributed by atoms with Crippen LogP contribution in [0.4, 0.5) is 0 Å². The SMILES string of the molecule is CNC1=C([N+](=O)[O-])C(c2ccccc2)c2c(ccc3c2[nH]c2ccccc23)O1. The molecule has 0 amide bonds. The molecule has 28 heavy (non-hydrogen) atoms. The van der Waals surface area contributed by atoms with Crippen molar-refractivity contribution in [1.29, 1.82) is 0 Å². The van der Waals surface area contributed by atoms with E-state index in [-0.39, 0.29) is 16.5 Å². The van der Waals surface area contributed by atoms with Gasteiger partial charge < -0.3 is 15.0 Å². The van der Waals surface area contributed by atoms with E-state index < -0.39 is 5.92 Å². The first kappa shape index (κ1) is 16.4. The molecule has 0 bridgehead atoms. The fraction of sp³-hybridized carbons (Fsp3) is 0.0909. The number of nitrogens with one attached hydrogen (secondary N) is 2. The molecule has 138 valence electrons. The summed E-state index contributed by atoms with van der Waals surface area (Å²) in [5.41, 5.74) is 3.49. The first-order valence-corrected chi connectivity index (χ1v) is 9.01. The van der Waals surface area contributed by atoms with Gasteiger partial charge in [0, 0.05) is 28.9 Å². The number of fused-ring (bicyclic) bond motifs is 5. The van der Waals surface area contributed by atoms with Gasteiger partial charge in [-0.1, -0.05) is 48.5 Å². The highest BCUT2D eigenvalue weighted by atomic mass is 16.6. The molecule has 0 fully saturated rings. The molecule has 1 unspecified atom stereocenters. The predicted octanol–water partition coefficient (Wildman–Crippen LogP) is 4.51. The summed E-state index contributed by atoms with van der Waals surface area (Å²) in [7, 11) is 1.63. The number of benzene rings is 3. The number of aromatic amines is 1. The molecule has 1 atom stereocenters. The van der Waals surface area contributed by atoms with Gasteiger partial charge in [-0.3, -0.25) is 10.1 Å². The highest BCUT2D eigenvalue weighted by molar-refractivity contribution is 6.09. The van der Waals surface area contributed by atoms with Crippen LogP contribution in [-0.4, -0.2) is 17.0 Å². The Kier molecular flexibility index (Phi) is 3.58. The highest BCUT2D eigenvalue weighted by Gasteiger charge is 2.41. The van der Waals surface area contributed by atoms with Crippen molar-refractivity contribution in [2.24, 2.45) is 0 Å². The first-order chi connectivity index (χ1) is 13.7. The lowest BCUT2D eigenvalue weighted by Crippen LogP contribution is -2.28. The third-order valence-corrected chi connectivity index (χ3v) is 5.25. The molecular weight excluding hydrogens is 354 g/mol. The number of nitrogens with zero attached hydrogens (tertiary/aromatic N) is 1. The van der Waals surface area contributed by atoms with Crippen LogP contribution in [0.5, 0.6) is 5.75 Å². The lowest BCUT2D eigenvalue weighted by atomic mass is 9.85. The van der Waals surface area contributed by atoms with Crippen LogP contribution in [0.2, 0.25) is 0 Å². The van der Waals surface area contributed by atoms with E-state index in [1.807, 2.05) is 66.7 Å². The normalized spacial score (nSPS) is 16.1. The van der Waals surface area contributed by atoms with Gasteiger partial charge in [-0.2, -0.15) is 0 Å². The van der Waals surface area contributed by atoms with Gasteiger partial charge in [0.2, 0.25) is 0 Å². The molecule has 0 spiro atoms. The lowest BCUT2D eigenvalue weighted by Gasteiger charge is -2.26. The Bertz CT molecular complexity index is 1260. The second-order valence-corrected chi connectivity index (χ2v) is 6.74. The molecular formula is C22H17N3O3. The summed E-state index contributed by atoms with van der Waals surface area (Å²) in [6.07, 6.45) is 0. The number of hydrogen-bond acceptors (Lipinski definition) is 4. The minimum atomic E-state index is -0.556. The number of allylic oxidation sites excluding steroid dienone is 1. The molecule has 0 aliphatic carbocycles. The van der Waals surface area contributed by atoms with Crippen molar-refractivity contribution in [3.63, 3.8) is 0 Å². The third kappa shape index (κ3) is 2.28.